The van der Waals surface area contributed by atoms with Crippen LogP contribution in [0.15, 0.2) is 30.3 Å². The van der Waals surface area contributed by atoms with E-state index in [1.807, 2.05) is 0 Å². The number of hydrogen-bond acceptors (Lipinski definition) is 5. The van der Waals surface area contributed by atoms with Crippen LogP contribution in [0.5, 0.6) is 11.5 Å². The van der Waals surface area contributed by atoms with Gasteiger partial charge in [0.1, 0.15) is 12.4 Å². The molecule has 0 aliphatic rings. The van der Waals surface area contributed by atoms with Gasteiger partial charge >= 0.3 is 5.97 Å². The second-order valence-corrected chi connectivity index (χ2v) is 5.69. The predicted octanol–water partition coefficient (Wildman–Crippen LogP) is 3.46. The predicted molar refractivity (Wildman–Crippen MR) is 96.7 cm³/mol. The molecule has 0 fully saturated rings. The lowest BCUT2D eigenvalue weighted by Crippen LogP contribution is -2.14. The Morgan fingerprint density at radius 2 is 1.93 bits per heavy atom. The van der Waals surface area contributed by atoms with Gasteiger partial charge in [-0.25, -0.2) is 9.18 Å². The van der Waals surface area contributed by atoms with E-state index in [0.29, 0.717) is 6.61 Å². The van der Waals surface area contributed by atoms with Gasteiger partial charge in [0, 0.05) is 18.4 Å². The zero-order chi connectivity index (χ0) is 20.0. The number of amides is 1. The van der Waals surface area contributed by atoms with E-state index in [-0.39, 0.29) is 34.4 Å². The molecule has 2 N–H and O–H groups in total. The number of carbonyl (C=O) groups is 2. The van der Waals surface area contributed by atoms with E-state index in [1.165, 1.54) is 32.4 Å². The summed E-state index contributed by atoms with van der Waals surface area (Å²) >= 11 is 6.13. The summed E-state index contributed by atoms with van der Waals surface area (Å²) in [6.07, 6.45) is 0. The van der Waals surface area contributed by atoms with Crippen LogP contribution >= 0.6 is 11.6 Å². The normalized spacial score (nSPS) is 10.4. The molecule has 0 unspecified atom stereocenters. The molecule has 7 nitrogen and oxygen atoms in total. The molecule has 0 saturated carbocycles. The number of carbonyl (C=O) groups excluding carboxylic acids is 1. The maximum atomic E-state index is 13.8. The fraction of sp³-hybridized carbons (Fsp3) is 0.222. The van der Waals surface area contributed by atoms with Crippen molar-refractivity contribution >= 4 is 29.2 Å². The highest BCUT2D eigenvalue weighted by atomic mass is 35.5. The third-order valence-corrected chi connectivity index (χ3v) is 3.76. The van der Waals surface area contributed by atoms with Crippen LogP contribution in [0.1, 0.15) is 20.7 Å². The van der Waals surface area contributed by atoms with Crippen molar-refractivity contribution in [3.63, 3.8) is 0 Å². The minimum absolute atomic E-state index is 0.0938. The number of carboxylic acid groups (broad SMARTS) is 1. The molecule has 1 amide bonds. The molecule has 0 aliphatic heterocycles. The Kier molecular flexibility index (Phi) is 6.98. The van der Waals surface area contributed by atoms with E-state index in [0.717, 1.165) is 12.1 Å². The molecule has 0 bridgehead atoms. The van der Waals surface area contributed by atoms with Gasteiger partial charge in [0.25, 0.3) is 5.91 Å². The number of halogens is 2. The van der Waals surface area contributed by atoms with Gasteiger partial charge in [-0.3, -0.25) is 4.79 Å². The smallest absolute Gasteiger partial charge is 0.338 e. The van der Waals surface area contributed by atoms with Gasteiger partial charge in [0.05, 0.1) is 24.3 Å². The Hall–Kier alpha value is -2.84. The van der Waals surface area contributed by atoms with Gasteiger partial charge in [-0.05, 0) is 30.3 Å². The molecule has 0 aliphatic carbocycles. The molecule has 0 atom stereocenters. The minimum Gasteiger partial charge on any atom is -0.491 e. The largest absolute Gasteiger partial charge is 0.491 e. The number of benzene rings is 2. The summed E-state index contributed by atoms with van der Waals surface area (Å²) in [6.45, 7) is 0.544. The number of anilines is 1. The maximum absolute atomic E-state index is 13.8. The van der Waals surface area contributed by atoms with Crippen molar-refractivity contribution in [3.8, 4) is 11.5 Å². The first-order valence-corrected chi connectivity index (χ1v) is 8.08. The Morgan fingerprint density at radius 1 is 1.19 bits per heavy atom. The molecule has 0 radical (unpaired) electrons. The van der Waals surface area contributed by atoms with Gasteiger partial charge in [0.2, 0.25) is 0 Å². The van der Waals surface area contributed by atoms with Gasteiger partial charge < -0.3 is 24.6 Å². The molecule has 0 spiro atoms. The number of aromatic carboxylic acids is 1. The van der Waals surface area contributed by atoms with Crippen LogP contribution < -0.4 is 14.8 Å². The molecule has 9 heteroatoms. The quantitative estimate of drug-likeness (QED) is 0.662. The van der Waals surface area contributed by atoms with Crippen LogP contribution in [0, 0.1) is 5.82 Å². The van der Waals surface area contributed by atoms with Crippen LogP contribution in [-0.2, 0) is 4.74 Å². The SMILES string of the molecule is COCCOc1cc(C(=O)Nc2ccc(C(=O)O)c(F)c2)cc(Cl)c1OC. The summed E-state index contributed by atoms with van der Waals surface area (Å²) in [4.78, 5) is 23.3. The van der Waals surface area contributed by atoms with Crippen molar-refractivity contribution < 1.29 is 33.3 Å². The van der Waals surface area contributed by atoms with Crippen LogP contribution in [0.2, 0.25) is 5.02 Å². The molecule has 27 heavy (non-hydrogen) atoms. The van der Waals surface area contributed by atoms with Crippen molar-refractivity contribution in [1.29, 1.82) is 0 Å². The first-order chi connectivity index (χ1) is 12.9. The van der Waals surface area contributed by atoms with Crippen molar-refractivity contribution in [2.45, 2.75) is 0 Å². The Labute approximate surface area is 159 Å². The monoisotopic (exact) mass is 397 g/mol. The average molecular weight is 398 g/mol. The molecule has 0 saturated heterocycles. The highest BCUT2D eigenvalue weighted by Gasteiger charge is 2.17. The average Bonchev–Trinajstić information content (AvgIpc) is 2.61. The topological polar surface area (TPSA) is 94.1 Å². The summed E-state index contributed by atoms with van der Waals surface area (Å²) in [5.74, 6) is -2.43. The maximum Gasteiger partial charge on any atom is 0.338 e. The van der Waals surface area contributed by atoms with Crippen LogP contribution in [0.4, 0.5) is 10.1 Å². The van der Waals surface area contributed by atoms with E-state index < -0.39 is 23.3 Å². The van der Waals surface area contributed by atoms with E-state index in [4.69, 9.17) is 30.9 Å². The van der Waals surface area contributed by atoms with Crippen molar-refractivity contribution in [2.24, 2.45) is 0 Å². The summed E-state index contributed by atoms with van der Waals surface area (Å²) in [5.41, 5.74) is -0.249. The van der Waals surface area contributed by atoms with Crippen LogP contribution in [-0.4, -0.2) is 44.4 Å². The fourth-order valence-electron chi connectivity index (χ4n) is 2.21. The minimum atomic E-state index is -1.40. The summed E-state index contributed by atoms with van der Waals surface area (Å²) < 4.78 is 29.3. The van der Waals surface area contributed by atoms with E-state index in [9.17, 15) is 14.0 Å². The van der Waals surface area contributed by atoms with E-state index in [1.54, 1.807) is 0 Å². The molecule has 0 aromatic heterocycles. The molecule has 2 aromatic rings. The van der Waals surface area contributed by atoms with Gasteiger partial charge in [-0.2, -0.15) is 0 Å². The number of nitrogens with one attached hydrogen (secondary N) is 1. The first-order valence-electron chi connectivity index (χ1n) is 7.70. The lowest BCUT2D eigenvalue weighted by atomic mass is 10.1. The van der Waals surface area contributed by atoms with Gasteiger partial charge in [-0.1, -0.05) is 11.6 Å². The lowest BCUT2D eigenvalue weighted by Gasteiger charge is -2.14. The summed E-state index contributed by atoms with van der Waals surface area (Å²) in [7, 11) is 2.93. The Bertz CT molecular complexity index is 858. The molecule has 2 rings (SSSR count). The molecular weight excluding hydrogens is 381 g/mol. The number of ether oxygens (including phenoxy) is 3. The Balaban J connectivity index is 2.25. The van der Waals surface area contributed by atoms with E-state index >= 15 is 0 Å². The van der Waals surface area contributed by atoms with Crippen molar-refractivity contribution in [2.75, 3.05) is 32.8 Å². The zero-order valence-corrected chi connectivity index (χ0v) is 15.3. The number of carboxylic acids is 1. The zero-order valence-electron chi connectivity index (χ0n) is 14.5. The third-order valence-electron chi connectivity index (χ3n) is 3.48. The molecule has 0 heterocycles. The molecule has 144 valence electrons. The van der Waals surface area contributed by atoms with Crippen LogP contribution in [0.3, 0.4) is 0 Å². The van der Waals surface area contributed by atoms with Gasteiger partial charge in [-0.15, -0.1) is 0 Å². The molecule has 2 aromatic carbocycles. The lowest BCUT2D eigenvalue weighted by molar-refractivity contribution is 0.0691. The summed E-state index contributed by atoms with van der Waals surface area (Å²) in [6, 6.07) is 6.07. The number of hydrogen-bond donors (Lipinski definition) is 2. The highest BCUT2D eigenvalue weighted by Crippen LogP contribution is 2.36. The molecular formula is C18H17ClFNO6. The Morgan fingerprint density at radius 3 is 2.52 bits per heavy atom. The van der Waals surface area contributed by atoms with Crippen LogP contribution in [0.25, 0.3) is 0 Å². The highest BCUT2D eigenvalue weighted by molar-refractivity contribution is 6.32. The fourth-order valence-corrected chi connectivity index (χ4v) is 2.50. The number of rotatable bonds is 8. The number of methoxy groups -OCH3 is 2. The van der Waals surface area contributed by atoms with Crippen molar-refractivity contribution in [3.05, 3.63) is 52.3 Å². The van der Waals surface area contributed by atoms with E-state index in [2.05, 4.69) is 5.32 Å². The first kappa shape index (κ1) is 20.5. The standard InChI is InChI=1S/C18H17ClFNO6/c1-25-5-6-27-15-8-10(7-13(19)16(15)26-2)17(22)21-11-3-4-12(18(23)24)14(20)9-11/h3-4,7-9H,5-6H2,1-2H3,(H,21,22)(H,23,24). The van der Waals surface area contributed by atoms with Gasteiger partial charge in [0.15, 0.2) is 11.5 Å². The summed E-state index contributed by atoms with van der Waals surface area (Å²) in [5, 5.41) is 11.5. The second kappa shape index (κ2) is 9.20. The second-order valence-electron chi connectivity index (χ2n) is 5.28. The third kappa shape index (κ3) is 5.08. The van der Waals surface area contributed by atoms with Crippen molar-refractivity contribution in [1.82, 2.24) is 0 Å².